The number of nitrogens with zero attached hydrogens (tertiary/aromatic N) is 2. The molecule has 5 nitrogen and oxygen atoms in total. The Kier molecular flexibility index (Phi) is 8.01. The SMILES string of the molecule is O=C(NCCCC(=O)N1CCN(Cc2cccc(C(F)(F)F)c2)CC1)c1ccc(F)cc1F. The fraction of sp³-hybridized carbons (Fsp3) is 0.391. The van der Waals surface area contributed by atoms with E-state index in [1.165, 1.54) is 6.07 Å². The van der Waals surface area contributed by atoms with Crippen LogP contribution in [0.4, 0.5) is 22.0 Å². The first-order chi connectivity index (χ1) is 15.6. The van der Waals surface area contributed by atoms with Crippen molar-refractivity contribution in [3.63, 3.8) is 0 Å². The van der Waals surface area contributed by atoms with Crippen LogP contribution in [0.2, 0.25) is 0 Å². The lowest BCUT2D eigenvalue weighted by molar-refractivity contribution is -0.137. The molecule has 0 aromatic heterocycles. The molecule has 2 aromatic rings. The van der Waals surface area contributed by atoms with Crippen LogP contribution in [-0.2, 0) is 17.5 Å². The minimum atomic E-state index is -4.38. The van der Waals surface area contributed by atoms with E-state index in [2.05, 4.69) is 5.32 Å². The van der Waals surface area contributed by atoms with Gasteiger partial charge in [0.2, 0.25) is 5.91 Å². The van der Waals surface area contributed by atoms with Gasteiger partial charge >= 0.3 is 6.18 Å². The van der Waals surface area contributed by atoms with Crippen molar-refractivity contribution < 1.29 is 31.5 Å². The molecule has 2 aromatic carbocycles. The zero-order valence-electron chi connectivity index (χ0n) is 17.8. The summed E-state index contributed by atoms with van der Waals surface area (Å²) in [5.74, 6) is -2.49. The van der Waals surface area contributed by atoms with Crippen LogP contribution in [0.25, 0.3) is 0 Å². The fourth-order valence-corrected chi connectivity index (χ4v) is 3.63. The Morgan fingerprint density at radius 3 is 2.36 bits per heavy atom. The third-order valence-electron chi connectivity index (χ3n) is 5.41. The summed E-state index contributed by atoms with van der Waals surface area (Å²) in [6, 6.07) is 7.91. The van der Waals surface area contributed by atoms with Gasteiger partial charge in [-0.25, -0.2) is 8.78 Å². The lowest BCUT2D eigenvalue weighted by Gasteiger charge is -2.35. The van der Waals surface area contributed by atoms with Crippen LogP contribution in [0, 0.1) is 11.6 Å². The number of nitrogens with one attached hydrogen (secondary N) is 1. The minimum Gasteiger partial charge on any atom is -0.352 e. The van der Waals surface area contributed by atoms with Gasteiger partial charge in [0, 0.05) is 51.8 Å². The first kappa shape index (κ1) is 24.6. The molecule has 0 atom stereocenters. The summed E-state index contributed by atoms with van der Waals surface area (Å²) in [6.07, 6.45) is -3.83. The number of carbonyl (C=O) groups excluding carboxylic acids is 2. The first-order valence-corrected chi connectivity index (χ1v) is 10.5. The number of piperazine rings is 1. The summed E-state index contributed by atoms with van der Waals surface area (Å²) in [6.45, 7) is 2.55. The van der Waals surface area contributed by atoms with Gasteiger partial charge in [-0.15, -0.1) is 0 Å². The Morgan fingerprint density at radius 2 is 1.70 bits per heavy atom. The monoisotopic (exact) mass is 469 g/mol. The molecule has 1 fully saturated rings. The van der Waals surface area contributed by atoms with Crippen molar-refractivity contribution in [1.82, 2.24) is 15.1 Å². The summed E-state index contributed by atoms with van der Waals surface area (Å²) >= 11 is 0. The molecule has 1 heterocycles. The maximum atomic E-state index is 13.6. The molecule has 2 amide bonds. The topological polar surface area (TPSA) is 52.7 Å². The van der Waals surface area contributed by atoms with Crippen LogP contribution in [0.1, 0.15) is 34.3 Å². The van der Waals surface area contributed by atoms with Gasteiger partial charge in [0.1, 0.15) is 11.6 Å². The van der Waals surface area contributed by atoms with Crippen LogP contribution in [0.15, 0.2) is 42.5 Å². The molecule has 3 rings (SSSR count). The number of halogens is 5. The standard InChI is InChI=1S/C23H24F5N3O2/c24-18-6-7-19(20(25)14-18)22(33)29-8-2-5-21(32)31-11-9-30(10-12-31)15-16-3-1-4-17(13-16)23(26,27)28/h1,3-4,6-7,13-14H,2,5,8-12,15H2,(H,29,33). The van der Waals surface area contributed by atoms with Gasteiger partial charge in [-0.1, -0.05) is 18.2 Å². The van der Waals surface area contributed by atoms with Gasteiger partial charge in [-0.05, 0) is 30.2 Å². The summed E-state index contributed by atoms with van der Waals surface area (Å²) in [5, 5.41) is 2.51. The Labute approximate surface area is 188 Å². The van der Waals surface area contributed by atoms with Crippen molar-refractivity contribution in [3.05, 3.63) is 70.8 Å². The molecule has 33 heavy (non-hydrogen) atoms. The highest BCUT2D eigenvalue weighted by atomic mass is 19.4. The Bertz CT molecular complexity index is 988. The van der Waals surface area contributed by atoms with E-state index >= 15 is 0 Å². The number of benzene rings is 2. The molecule has 0 saturated carbocycles. The van der Waals surface area contributed by atoms with E-state index in [4.69, 9.17) is 0 Å². The van der Waals surface area contributed by atoms with Crippen LogP contribution in [0.3, 0.4) is 0 Å². The molecule has 1 aliphatic heterocycles. The van der Waals surface area contributed by atoms with Crippen molar-refractivity contribution >= 4 is 11.8 Å². The fourth-order valence-electron chi connectivity index (χ4n) is 3.63. The van der Waals surface area contributed by atoms with E-state index in [-0.39, 0.29) is 24.4 Å². The van der Waals surface area contributed by atoms with Crippen molar-refractivity contribution in [2.45, 2.75) is 25.6 Å². The predicted molar refractivity (Wildman–Crippen MR) is 111 cm³/mol. The highest BCUT2D eigenvalue weighted by Crippen LogP contribution is 2.29. The maximum absolute atomic E-state index is 13.6. The highest BCUT2D eigenvalue weighted by Gasteiger charge is 2.30. The predicted octanol–water partition coefficient (Wildman–Crippen LogP) is 3.84. The van der Waals surface area contributed by atoms with Gasteiger partial charge in [0.05, 0.1) is 11.1 Å². The number of hydrogen-bond donors (Lipinski definition) is 1. The van der Waals surface area contributed by atoms with Crippen LogP contribution in [-0.4, -0.2) is 54.3 Å². The van der Waals surface area contributed by atoms with Crippen molar-refractivity contribution in [2.24, 2.45) is 0 Å². The Hall–Kier alpha value is -3.01. The summed E-state index contributed by atoms with van der Waals surface area (Å²) in [7, 11) is 0. The zero-order valence-corrected chi connectivity index (χ0v) is 17.8. The second-order valence-electron chi connectivity index (χ2n) is 7.84. The molecule has 178 valence electrons. The normalized spacial score (nSPS) is 14.9. The summed E-state index contributed by atoms with van der Waals surface area (Å²) in [5.41, 5.74) is -0.374. The molecule has 0 unspecified atom stereocenters. The number of rotatable bonds is 7. The van der Waals surface area contributed by atoms with Gasteiger partial charge in [0.25, 0.3) is 5.91 Å². The lowest BCUT2D eigenvalue weighted by Crippen LogP contribution is -2.48. The van der Waals surface area contributed by atoms with Crippen molar-refractivity contribution in [2.75, 3.05) is 32.7 Å². The first-order valence-electron chi connectivity index (χ1n) is 10.5. The molecule has 1 aliphatic rings. The van der Waals surface area contributed by atoms with E-state index in [1.807, 2.05) is 4.90 Å². The highest BCUT2D eigenvalue weighted by molar-refractivity contribution is 5.94. The molecule has 0 spiro atoms. The van der Waals surface area contributed by atoms with E-state index in [0.717, 1.165) is 24.3 Å². The van der Waals surface area contributed by atoms with Gasteiger partial charge in [0.15, 0.2) is 0 Å². The smallest absolute Gasteiger partial charge is 0.352 e. The average molecular weight is 469 g/mol. The second kappa shape index (κ2) is 10.7. The van der Waals surface area contributed by atoms with Gasteiger partial charge in [-0.2, -0.15) is 13.2 Å². The molecular weight excluding hydrogens is 445 g/mol. The number of carbonyl (C=O) groups is 2. The molecule has 1 saturated heterocycles. The molecule has 0 aliphatic carbocycles. The third kappa shape index (κ3) is 6.98. The van der Waals surface area contributed by atoms with Crippen LogP contribution < -0.4 is 5.32 Å². The number of alkyl halides is 3. The van der Waals surface area contributed by atoms with E-state index in [9.17, 15) is 31.5 Å². The van der Waals surface area contributed by atoms with Gasteiger partial charge < -0.3 is 10.2 Å². The Morgan fingerprint density at radius 1 is 0.970 bits per heavy atom. The molecule has 1 N–H and O–H groups in total. The molecule has 0 radical (unpaired) electrons. The van der Waals surface area contributed by atoms with Crippen LogP contribution >= 0.6 is 0 Å². The van der Waals surface area contributed by atoms with E-state index < -0.39 is 29.3 Å². The lowest BCUT2D eigenvalue weighted by atomic mass is 10.1. The van der Waals surface area contributed by atoms with E-state index in [0.29, 0.717) is 50.8 Å². The second-order valence-corrected chi connectivity index (χ2v) is 7.84. The molecular formula is C23H24F5N3O2. The van der Waals surface area contributed by atoms with Crippen LogP contribution in [0.5, 0.6) is 0 Å². The summed E-state index contributed by atoms with van der Waals surface area (Å²) < 4.78 is 65.1. The number of amides is 2. The van der Waals surface area contributed by atoms with Crippen molar-refractivity contribution in [1.29, 1.82) is 0 Å². The Balaban J connectivity index is 1.38. The minimum absolute atomic E-state index is 0.0871. The van der Waals surface area contributed by atoms with Crippen molar-refractivity contribution in [3.8, 4) is 0 Å². The largest absolute Gasteiger partial charge is 0.416 e. The van der Waals surface area contributed by atoms with E-state index in [1.54, 1.807) is 11.0 Å². The molecule has 0 bridgehead atoms. The summed E-state index contributed by atoms with van der Waals surface area (Å²) in [4.78, 5) is 28.0. The average Bonchev–Trinajstić information content (AvgIpc) is 2.76. The maximum Gasteiger partial charge on any atom is 0.416 e. The zero-order chi connectivity index (χ0) is 24.0. The van der Waals surface area contributed by atoms with Gasteiger partial charge in [-0.3, -0.25) is 14.5 Å². The number of hydrogen-bond acceptors (Lipinski definition) is 3. The quantitative estimate of drug-likeness (QED) is 0.495. The third-order valence-corrected chi connectivity index (χ3v) is 5.41. The molecule has 10 heteroatoms.